The normalized spacial score (nSPS) is 15.5. The smallest absolute Gasteiger partial charge is 0.231 e. The van der Waals surface area contributed by atoms with Gasteiger partial charge in [-0.05, 0) is 54.3 Å². The number of amides is 1. The lowest BCUT2D eigenvalue weighted by molar-refractivity contribution is -0.117. The van der Waals surface area contributed by atoms with Crippen molar-refractivity contribution in [3.8, 4) is 0 Å². The molecule has 1 atom stereocenters. The summed E-state index contributed by atoms with van der Waals surface area (Å²) in [5.74, 6) is -0.909. The molecule has 0 saturated heterocycles. The summed E-state index contributed by atoms with van der Waals surface area (Å²) in [7, 11) is 0. The first-order valence-electron chi connectivity index (χ1n) is 7.03. The molecule has 1 aliphatic carbocycles. The third-order valence-electron chi connectivity index (χ3n) is 3.64. The summed E-state index contributed by atoms with van der Waals surface area (Å²) in [4.78, 5) is 12.3. The van der Waals surface area contributed by atoms with Crippen molar-refractivity contribution in [2.45, 2.75) is 31.7 Å². The Bertz CT molecular complexity index is 638. The molecule has 1 unspecified atom stereocenters. The first-order chi connectivity index (χ1) is 10.1. The van der Waals surface area contributed by atoms with Crippen LogP contribution in [0, 0.1) is 5.82 Å². The van der Waals surface area contributed by atoms with Crippen LogP contribution < -0.4 is 10.6 Å². The molecule has 5 heteroatoms. The SMILES string of the molecule is CC(C(=O)Nc1c(F)cccc1NC1CC1)c1ccsc1. The van der Waals surface area contributed by atoms with Crippen molar-refractivity contribution < 1.29 is 9.18 Å². The van der Waals surface area contributed by atoms with Crippen LogP contribution in [0.5, 0.6) is 0 Å². The number of anilines is 2. The molecule has 0 bridgehead atoms. The number of para-hydroxylation sites is 1. The average molecular weight is 304 g/mol. The van der Waals surface area contributed by atoms with Crippen molar-refractivity contribution in [1.82, 2.24) is 0 Å². The molecular formula is C16H17FN2OS. The van der Waals surface area contributed by atoms with Crippen molar-refractivity contribution >= 4 is 28.6 Å². The fraction of sp³-hybridized carbons (Fsp3) is 0.312. The number of thiophene rings is 1. The highest BCUT2D eigenvalue weighted by atomic mass is 32.1. The van der Waals surface area contributed by atoms with E-state index >= 15 is 0 Å². The highest BCUT2D eigenvalue weighted by Crippen LogP contribution is 2.32. The molecule has 1 fully saturated rings. The zero-order chi connectivity index (χ0) is 14.8. The molecule has 1 amide bonds. The molecule has 2 aromatic rings. The van der Waals surface area contributed by atoms with Gasteiger partial charge in [-0.2, -0.15) is 11.3 Å². The highest BCUT2D eigenvalue weighted by Gasteiger charge is 2.24. The molecule has 21 heavy (non-hydrogen) atoms. The number of hydrogen-bond acceptors (Lipinski definition) is 3. The number of carbonyl (C=O) groups excluding carboxylic acids is 1. The summed E-state index contributed by atoms with van der Waals surface area (Å²) in [6.45, 7) is 1.83. The van der Waals surface area contributed by atoms with E-state index in [2.05, 4.69) is 10.6 Å². The van der Waals surface area contributed by atoms with Crippen molar-refractivity contribution in [3.63, 3.8) is 0 Å². The van der Waals surface area contributed by atoms with E-state index in [1.54, 1.807) is 23.5 Å². The number of benzene rings is 1. The van der Waals surface area contributed by atoms with Gasteiger partial charge in [0.05, 0.1) is 11.6 Å². The Morgan fingerprint density at radius 1 is 1.38 bits per heavy atom. The Morgan fingerprint density at radius 3 is 2.86 bits per heavy atom. The van der Waals surface area contributed by atoms with Gasteiger partial charge in [0.25, 0.3) is 0 Å². The molecule has 0 spiro atoms. The maximum Gasteiger partial charge on any atom is 0.231 e. The molecule has 3 rings (SSSR count). The summed E-state index contributed by atoms with van der Waals surface area (Å²) in [5, 5.41) is 9.85. The van der Waals surface area contributed by atoms with Gasteiger partial charge in [-0.15, -0.1) is 0 Å². The van der Waals surface area contributed by atoms with Gasteiger partial charge in [0, 0.05) is 6.04 Å². The molecule has 2 N–H and O–H groups in total. The number of halogens is 1. The van der Waals surface area contributed by atoms with Gasteiger partial charge in [0.15, 0.2) is 0 Å². The third kappa shape index (κ3) is 3.24. The van der Waals surface area contributed by atoms with Gasteiger partial charge in [-0.25, -0.2) is 4.39 Å². The van der Waals surface area contributed by atoms with Crippen molar-refractivity contribution in [1.29, 1.82) is 0 Å². The van der Waals surface area contributed by atoms with Gasteiger partial charge in [-0.1, -0.05) is 6.07 Å². The van der Waals surface area contributed by atoms with E-state index in [-0.39, 0.29) is 17.5 Å². The van der Waals surface area contributed by atoms with Gasteiger partial charge < -0.3 is 10.6 Å². The molecule has 3 nitrogen and oxygen atoms in total. The van der Waals surface area contributed by atoms with Crippen molar-refractivity contribution in [2.75, 3.05) is 10.6 Å². The van der Waals surface area contributed by atoms with E-state index in [1.807, 2.05) is 23.8 Å². The predicted molar refractivity (Wildman–Crippen MR) is 84.4 cm³/mol. The fourth-order valence-electron chi connectivity index (χ4n) is 2.12. The van der Waals surface area contributed by atoms with Gasteiger partial charge in [-0.3, -0.25) is 4.79 Å². The molecular weight excluding hydrogens is 287 g/mol. The number of hydrogen-bond donors (Lipinski definition) is 2. The van der Waals surface area contributed by atoms with Crippen LogP contribution in [0.2, 0.25) is 0 Å². The van der Waals surface area contributed by atoms with Gasteiger partial charge >= 0.3 is 0 Å². The Morgan fingerprint density at radius 2 is 2.19 bits per heavy atom. The molecule has 0 aliphatic heterocycles. The lowest BCUT2D eigenvalue weighted by Crippen LogP contribution is -2.20. The molecule has 1 aliphatic rings. The van der Waals surface area contributed by atoms with E-state index in [4.69, 9.17) is 0 Å². The third-order valence-corrected chi connectivity index (χ3v) is 4.34. The van der Waals surface area contributed by atoms with Crippen LogP contribution in [0.4, 0.5) is 15.8 Å². The molecule has 1 aromatic heterocycles. The predicted octanol–water partition coefficient (Wildman–Crippen LogP) is 4.20. The molecule has 1 heterocycles. The van der Waals surface area contributed by atoms with E-state index in [0.29, 0.717) is 11.7 Å². The summed E-state index contributed by atoms with van der Waals surface area (Å²) in [6, 6.07) is 7.13. The van der Waals surface area contributed by atoms with Crippen LogP contribution in [0.3, 0.4) is 0 Å². The van der Waals surface area contributed by atoms with Gasteiger partial charge in [0.2, 0.25) is 5.91 Å². The summed E-state index contributed by atoms with van der Waals surface area (Å²) in [5.41, 5.74) is 1.85. The molecule has 1 aromatic carbocycles. The number of rotatable bonds is 5. The second-order valence-corrected chi connectivity index (χ2v) is 6.13. The quantitative estimate of drug-likeness (QED) is 0.869. The van der Waals surface area contributed by atoms with Crippen LogP contribution in [0.1, 0.15) is 31.2 Å². The Kier molecular flexibility index (Phi) is 3.92. The Balaban J connectivity index is 1.78. The largest absolute Gasteiger partial charge is 0.381 e. The van der Waals surface area contributed by atoms with E-state index in [0.717, 1.165) is 18.4 Å². The Labute approximate surface area is 127 Å². The molecule has 110 valence electrons. The minimum atomic E-state index is -0.411. The topological polar surface area (TPSA) is 41.1 Å². The van der Waals surface area contributed by atoms with Gasteiger partial charge in [0.1, 0.15) is 11.5 Å². The van der Waals surface area contributed by atoms with E-state index in [9.17, 15) is 9.18 Å². The first-order valence-corrected chi connectivity index (χ1v) is 7.97. The summed E-state index contributed by atoms with van der Waals surface area (Å²) in [6.07, 6.45) is 2.18. The lowest BCUT2D eigenvalue weighted by Gasteiger charge is -2.16. The number of nitrogens with one attached hydrogen (secondary N) is 2. The van der Waals surface area contributed by atoms with Crippen LogP contribution in [-0.4, -0.2) is 11.9 Å². The van der Waals surface area contributed by atoms with E-state index in [1.165, 1.54) is 6.07 Å². The summed E-state index contributed by atoms with van der Waals surface area (Å²) < 4.78 is 14.0. The van der Waals surface area contributed by atoms with Crippen molar-refractivity contribution in [2.24, 2.45) is 0 Å². The lowest BCUT2D eigenvalue weighted by atomic mass is 10.0. The van der Waals surface area contributed by atoms with Crippen LogP contribution >= 0.6 is 11.3 Å². The zero-order valence-electron chi connectivity index (χ0n) is 11.7. The molecule has 0 radical (unpaired) electrons. The minimum Gasteiger partial charge on any atom is -0.381 e. The molecule has 1 saturated carbocycles. The van der Waals surface area contributed by atoms with Crippen LogP contribution in [0.25, 0.3) is 0 Å². The van der Waals surface area contributed by atoms with Crippen LogP contribution in [-0.2, 0) is 4.79 Å². The second-order valence-electron chi connectivity index (χ2n) is 5.35. The summed E-state index contributed by atoms with van der Waals surface area (Å²) >= 11 is 1.55. The number of carbonyl (C=O) groups is 1. The first kappa shape index (κ1) is 14.1. The average Bonchev–Trinajstić information content (AvgIpc) is 3.12. The minimum absolute atomic E-state index is 0.197. The highest BCUT2D eigenvalue weighted by molar-refractivity contribution is 7.08. The van der Waals surface area contributed by atoms with Crippen LogP contribution in [0.15, 0.2) is 35.0 Å². The van der Waals surface area contributed by atoms with E-state index < -0.39 is 5.82 Å². The van der Waals surface area contributed by atoms with Crippen molar-refractivity contribution in [3.05, 3.63) is 46.4 Å². The Hall–Kier alpha value is -1.88. The zero-order valence-corrected chi connectivity index (χ0v) is 12.5. The maximum absolute atomic E-state index is 14.0. The monoisotopic (exact) mass is 304 g/mol. The second kappa shape index (κ2) is 5.85. The standard InChI is InChI=1S/C16H17FN2OS/c1-10(11-7-8-21-9-11)16(20)19-15-13(17)3-2-4-14(15)18-12-5-6-12/h2-4,7-10,12,18H,5-6H2,1H3,(H,19,20). The maximum atomic E-state index is 14.0. The fourth-order valence-corrected chi connectivity index (χ4v) is 2.88.